The number of nitrogens with one attached hydrogen (secondary N) is 2. The van der Waals surface area contributed by atoms with Crippen molar-refractivity contribution in [2.75, 3.05) is 7.05 Å². The maximum atomic E-state index is 3.45. The van der Waals surface area contributed by atoms with Crippen molar-refractivity contribution in [1.29, 1.82) is 0 Å². The number of hydrogen-bond acceptors (Lipinski definition) is 2. The Hall–Kier alpha value is -2.74. The minimum Gasteiger partial charge on any atom is -0.387 e. The van der Waals surface area contributed by atoms with Crippen molar-refractivity contribution in [2.45, 2.75) is 5.92 Å². The minimum atomic E-state index is 0.164. The van der Waals surface area contributed by atoms with Gasteiger partial charge in [-0.25, -0.2) is 0 Å². The minimum absolute atomic E-state index is 0.164. The molecule has 0 fully saturated rings. The van der Waals surface area contributed by atoms with E-state index in [1.54, 1.807) is 0 Å². The number of hydrogen-bond donors (Lipinski definition) is 2. The first-order chi connectivity index (χ1) is 10.9. The average molecular weight is 288 g/mol. The Kier molecular flexibility index (Phi) is 4.40. The van der Waals surface area contributed by atoms with E-state index >= 15 is 0 Å². The molecule has 1 aliphatic rings. The lowest BCUT2D eigenvalue weighted by atomic mass is 9.87. The van der Waals surface area contributed by atoms with Crippen molar-refractivity contribution in [2.24, 2.45) is 0 Å². The molecule has 2 nitrogen and oxygen atoms in total. The second-order valence-corrected chi connectivity index (χ2v) is 5.19. The zero-order chi connectivity index (χ0) is 15.2. The summed E-state index contributed by atoms with van der Waals surface area (Å²) in [5, 5.41) is 6.76. The van der Waals surface area contributed by atoms with Gasteiger partial charge >= 0.3 is 0 Å². The number of rotatable bonds is 4. The molecule has 2 heteroatoms. The Bertz CT molecular complexity index is 658. The highest BCUT2D eigenvalue weighted by molar-refractivity contribution is 5.45. The van der Waals surface area contributed by atoms with Crippen LogP contribution in [0.5, 0.6) is 0 Å². The topological polar surface area (TPSA) is 24.1 Å². The molecule has 0 aliphatic carbocycles. The lowest BCUT2D eigenvalue weighted by Crippen LogP contribution is -2.21. The van der Waals surface area contributed by atoms with Crippen molar-refractivity contribution in [3.05, 3.63) is 108 Å². The van der Waals surface area contributed by atoms with Gasteiger partial charge in [-0.1, -0.05) is 66.7 Å². The molecule has 0 saturated heterocycles. The van der Waals surface area contributed by atoms with Crippen LogP contribution in [0.3, 0.4) is 0 Å². The lowest BCUT2D eigenvalue weighted by Gasteiger charge is -2.24. The smallest absolute Gasteiger partial charge is 0.0543 e. The number of likely N-dealkylation sites (N-methyl/N-ethyl adjacent to an activating group) is 1. The molecule has 0 aromatic heterocycles. The van der Waals surface area contributed by atoms with Gasteiger partial charge in [-0.2, -0.15) is 0 Å². The van der Waals surface area contributed by atoms with E-state index in [1.165, 1.54) is 11.1 Å². The molecule has 0 unspecified atom stereocenters. The molecule has 22 heavy (non-hydrogen) atoms. The largest absolute Gasteiger partial charge is 0.387 e. The van der Waals surface area contributed by atoms with Crippen molar-refractivity contribution in [3.8, 4) is 0 Å². The fourth-order valence-electron chi connectivity index (χ4n) is 2.79. The summed E-state index contributed by atoms with van der Waals surface area (Å²) in [5.41, 5.74) is 4.80. The zero-order valence-electron chi connectivity index (χ0n) is 12.7. The molecule has 1 aliphatic heterocycles. The van der Waals surface area contributed by atoms with Gasteiger partial charge in [0.05, 0.1) is 17.3 Å². The molecular formula is C20H20N2. The Morgan fingerprint density at radius 3 is 1.95 bits per heavy atom. The van der Waals surface area contributed by atoms with Crippen molar-refractivity contribution < 1.29 is 0 Å². The highest BCUT2D eigenvalue weighted by Crippen LogP contribution is 2.32. The van der Waals surface area contributed by atoms with Gasteiger partial charge in [-0.3, -0.25) is 0 Å². The summed E-state index contributed by atoms with van der Waals surface area (Å²) in [7, 11) is 1.96. The summed E-state index contributed by atoms with van der Waals surface area (Å²) in [6.07, 6.45) is 8.13. The Morgan fingerprint density at radius 1 is 0.818 bits per heavy atom. The zero-order valence-corrected chi connectivity index (χ0v) is 12.7. The summed E-state index contributed by atoms with van der Waals surface area (Å²) in [4.78, 5) is 0. The van der Waals surface area contributed by atoms with Gasteiger partial charge in [0.15, 0.2) is 0 Å². The molecule has 0 saturated carbocycles. The Labute approximate surface area is 131 Å². The summed E-state index contributed by atoms with van der Waals surface area (Å²) >= 11 is 0. The molecule has 0 radical (unpaired) electrons. The standard InChI is InChI=1S/C20H20N2/c1-21-18-14-8-9-15-22-20(18)19(16-10-4-2-5-11-16)17-12-6-3-7-13-17/h2-15,19,21-22H,1H3. The highest BCUT2D eigenvalue weighted by atomic mass is 14.9. The van der Waals surface area contributed by atoms with Crippen LogP contribution in [0.25, 0.3) is 0 Å². The van der Waals surface area contributed by atoms with Gasteiger partial charge in [0.1, 0.15) is 0 Å². The lowest BCUT2D eigenvalue weighted by molar-refractivity contribution is 0.813. The van der Waals surface area contributed by atoms with Crippen LogP contribution in [-0.4, -0.2) is 7.05 Å². The highest BCUT2D eigenvalue weighted by Gasteiger charge is 2.21. The van der Waals surface area contributed by atoms with Gasteiger partial charge in [0, 0.05) is 13.2 Å². The summed E-state index contributed by atoms with van der Waals surface area (Å²) in [5.74, 6) is 0.164. The normalized spacial score (nSPS) is 13.9. The SMILES string of the molecule is CNC1=C(C(c2ccccc2)c2ccccc2)NC=CC=C1. The van der Waals surface area contributed by atoms with Crippen LogP contribution in [0.1, 0.15) is 17.0 Å². The van der Waals surface area contributed by atoms with E-state index in [4.69, 9.17) is 0 Å². The molecule has 0 atom stereocenters. The van der Waals surface area contributed by atoms with E-state index < -0.39 is 0 Å². The third-order valence-corrected chi connectivity index (χ3v) is 3.82. The Morgan fingerprint density at radius 2 is 1.41 bits per heavy atom. The summed E-state index contributed by atoms with van der Waals surface area (Å²) < 4.78 is 0. The van der Waals surface area contributed by atoms with Gasteiger partial charge in [0.25, 0.3) is 0 Å². The predicted molar refractivity (Wildman–Crippen MR) is 92.2 cm³/mol. The quantitative estimate of drug-likeness (QED) is 0.891. The van der Waals surface area contributed by atoms with Crippen LogP contribution in [0, 0.1) is 0 Å². The van der Waals surface area contributed by atoms with Gasteiger partial charge < -0.3 is 10.6 Å². The first kappa shape index (κ1) is 14.2. The Balaban J connectivity index is 2.15. The molecule has 0 bridgehead atoms. The second-order valence-electron chi connectivity index (χ2n) is 5.19. The van der Waals surface area contributed by atoms with Crippen molar-refractivity contribution in [3.63, 3.8) is 0 Å². The van der Waals surface area contributed by atoms with Crippen LogP contribution in [0.2, 0.25) is 0 Å². The molecule has 0 spiro atoms. The number of benzene rings is 2. The molecular weight excluding hydrogens is 268 g/mol. The molecule has 3 rings (SSSR count). The molecule has 2 N–H and O–H groups in total. The molecule has 2 aromatic carbocycles. The van der Waals surface area contributed by atoms with E-state index in [2.05, 4.69) is 77.4 Å². The van der Waals surface area contributed by atoms with Gasteiger partial charge in [-0.15, -0.1) is 0 Å². The summed E-state index contributed by atoms with van der Waals surface area (Å²) in [6.45, 7) is 0. The molecule has 0 amide bonds. The van der Waals surface area contributed by atoms with E-state index in [9.17, 15) is 0 Å². The average Bonchev–Trinajstić information content (AvgIpc) is 2.83. The maximum absolute atomic E-state index is 3.45. The monoisotopic (exact) mass is 288 g/mol. The fourth-order valence-corrected chi connectivity index (χ4v) is 2.79. The van der Waals surface area contributed by atoms with E-state index in [1.807, 2.05) is 25.4 Å². The maximum Gasteiger partial charge on any atom is 0.0543 e. The first-order valence-electron chi connectivity index (χ1n) is 7.51. The molecule has 110 valence electrons. The third kappa shape index (κ3) is 2.96. The van der Waals surface area contributed by atoms with Crippen LogP contribution < -0.4 is 10.6 Å². The second kappa shape index (κ2) is 6.81. The van der Waals surface area contributed by atoms with Crippen molar-refractivity contribution >= 4 is 0 Å². The summed E-state index contributed by atoms with van der Waals surface area (Å²) in [6, 6.07) is 21.2. The van der Waals surface area contributed by atoms with Crippen LogP contribution >= 0.6 is 0 Å². The molecule has 2 aromatic rings. The van der Waals surface area contributed by atoms with Gasteiger partial charge in [0.2, 0.25) is 0 Å². The predicted octanol–water partition coefficient (Wildman–Crippen LogP) is 3.92. The van der Waals surface area contributed by atoms with Crippen LogP contribution in [0.4, 0.5) is 0 Å². The third-order valence-electron chi connectivity index (χ3n) is 3.82. The van der Waals surface area contributed by atoms with E-state index in [0.717, 1.165) is 11.4 Å². The van der Waals surface area contributed by atoms with E-state index in [-0.39, 0.29) is 5.92 Å². The van der Waals surface area contributed by atoms with Gasteiger partial charge in [-0.05, 0) is 23.3 Å². The van der Waals surface area contributed by atoms with Crippen molar-refractivity contribution in [1.82, 2.24) is 10.6 Å². The van der Waals surface area contributed by atoms with Crippen LogP contribution in [0.15, 0.2) is 96.5 Å². The fraction of sp³-hybridized carbons (Fsp3) is 0.100. The van der Waals surface area contributed by atoms with Crippen LogP contribution in [-0.2, 0) is 0 Å². The number of allylic oxidation sites excluding steroid dienone is 4. The van der Waals surface area contributed by atoms with E-state index in [0.29, 0.717) is 0 Å². The first-order valence-corrected chi connectivity index (χ1v) is 7.51. The molecule has 1 heterocycles.